The van der Waals surface area contributed by atoms with Crippen molar-refractivity contribution in [1.82, 2.24) is 5.32 Å². The van der Waals surface area contributed by atoms with E-state index in [1.165, 1.54) is 6.07 Å². The molecule has 1 N–H and O–H groups in total. The largest absolute Gasteiger partial charge is 0.351 e. The molecule has 0 aromatic heterocycles. The van der Waals surface area contributed by atoms with Gasteiger partial charge in [0.15, 0.2) is 0 Å². The van der Waals surface area contributed by atoms with Gasteiger partial charge in [-0.05, 0) is 49.3 Å². The van der Waals surface area contributed by atoms with E-state index in [1.807, 2.05) is 0 Å². The SMILES string of the molecule is CCC1(CNC(=O)c2cc(Br)c(C)c(S(=O)(=O)Cl)c2)CC1. The van der Waals surface area contributed by atoms with Crippen molar-refractivity contribution in [3.63, 3.8) is 0 Å². The van der Waals surface area contributed by atoms with Gasteiger partial charge in [0.25, 0.3) is 15.0 Å². The standard InChI is InChI=1S/C14H17BrClNO3S/c1-3-14(4-5-14)8-17-13(18)10-6-11(15)9(2)12(7-10)21(16,19)20/h6-7H,3-5,8H2,1-2H3,(H,17,18). The Morgan fingerprint density at radius 1 is 1.43 bits per heavy atom. The minimum absolute atomic E-state index is 0.0414. The summed E-state index contributed by atoms with van der Waals surface area (Å²) in [7, 11) is 1.53. The van der Waals surface area contributed by atoms with Crippen LogP contribution in [0.15, 0.2) is 21.5 Å². The predicted octanol–water partition coefficient (Wildman–Crippen LogP) is 3.61. The Bertz CT molecular complexity index is 684. The summed E-state index contributed by atoms with van der Waals surface area (Å²) in [5, 5.41) is 2.88. The molecule has 1 aliphatic carbocycles. The van der Waals surface area contributed by atoms with Gasteiger partial charge in [0, 0.05) is 27.3 Å². The van der Waals surface area contributed by atoms with Crippen LogP contribution in [0.5, 0.6) is 0 Å². The summed E-state index contributed by atoms with van der Waals surface area (Å²) in [6.45, 7) is 4.37. The second kappa shape index (κ2) is 5.89. The maximum atomic E-state index is 12.2. The molecule has 1 saturated carbocycles. The number of carbonyl (C=O) groups is 1. The number of carbonyl (C=O) groups excluding carboxylic acids is 1. The zero-order valence-corrected chi connectivity index (χ0v) is 15.0. The Morgan fingerprint density at radius 2 is 2.05 bits per heavy atom. The normalized spacial score (nSPS) is 16.6. The van der Waals surface area contributed by atoms with Crippen LogP contribution in [0.2, 0.25) is 0 Å². The molecule has 1 fully saturated rings. The summed E-state index contributed by atoms with van der Waals surface area (Å²) >= 11 is 3.27. The number of nitrogens with one attached hydrogen (secondary N) is 1. The maximum Gasteiger partial charge on any atom is 0.261 e. The Labute approximate surface area is 137 Å². The van der Waals surface area contributed by atoms with Crippen LogP contribution in [-0.4, -0.2) is 20.9 Å². The number of rotatable bonds is 5. The lowest BCUT2D eigenvalue weighted by Crippen LogP contribution is -2.30. The van der Waals surface area contributed by atoms with E-state index in [4.69, 9.17) is 10.7 Å². The first kappa shape index (κ1) is 16.8. The fraction of sp³-hybridized carbons (Fsp3) is 0.500. The molecule has 0 atom stereocenters. The van der Waals surface area contributed by atoms with E-state index in [0.29, 0.717) is 22.1 Å². The summed E-state index contributed by atoms with van der Waals surface area (Å²) in [5.41, 5.74) is 1.02. The van der Waals surface area contributed by atoms with Gasteiger partial charge in [0.2, 0.25) is 0 Å². The molecule has 0 radical (unpaired) electrons. The van der Waals surface area contributed by atoms with Crippen LogP contribution >= 0.6 is 26.6 Å². The van der Waals surface area contributed by atoms with Crippen LogP contribution in [-0.2, 0) is 9.05 Å². The van der Waals surface area contributed by atoms with Crippen molar-refractivity contribution in [2.75, 3.05) is 6.54 Å². The van der Waals surface area contributed by atoms with Gasteiger partial charge in [-0.2, -0.15) is 0 Å². The molecule has 0 aliphatic heterocycles. The minimum atomic E-state index is -3.89. The number of halogens is 2. The average Bonchev–Trinajstić information content (AvgIpc) is 3.18. The molecular formula is C14H17BrClNO3S. The summed E-state index contributed by atoms with van der Waals surface area (Å²) in [5.74, 6) is -0.281. The van der Waals surface area contributed by atoms with Crippen molar-refractivity contribution in [3.05, 3.63) is 27.7 Å². The second-order valence-electron chi connectivity index (χ2n) is 5.56. The van der Waals surface area contributed by atoms with E-state index in [9.17, 15) is 13.2 Å². The van der Waals surface area contributed by atoms with E-state index in [0.717, 1.165) is 19.3 Å². The maximum absolute atomic E-state index is 12.2. The van der Waals surface area contributed by atoms with Gasteiger partial charge in [-0.3, -0.25) is 4.79 Å². The Morgan fingerprint density at radius 3 is 2.52 bits per heavy atom. The lowest BCUT2D eigenvalue weighted by atomic mass is 10.0. The third kappa shape index (κ3) is 3.79. The quantitative estimate of drug-likeness (QED) is 0.776. The molecule has 7 heteroatoms. The molecule has 0 heterocycles. The van der Waals surface area contributed by atoms with Gasteiger partial charge in [-0.15, -0.1) is 0 Å². The topological polar surface area (TPSA) is 63.2 Å². The van der Waals surface area contributed by atoms with Crippen molar-refractivity contribution < 1.29 is 13.2 Å². The van der Waals surface area contributed by atoms with Crippen LogP contribution in [0.3, 0.4) is 0 Å². The van der Waals surface area contributed by atoms with Crippen LogP contribution < -0.4 is 5.32 Å². The Hall–Kier alpha value is -0.590. The van der Waals surface area contributed by atoms with Gasteiger partial charge in [-0.25, -0.2) is 8.42 Å². The van der Waals surface area contributed by atoms with Gasteiger partial charge < -0.3 is 5.32 Å². The molecule has 1 aliphatic rings. The van der Waals surface area contributed by atoms with E-state index in [2.05, 4.69) is 28.2 Å². The third-order valence-corrected chi connectivity index (χ3v) is 6.42. The first-order chi connectivity index (χ1) is 9.68. The lowest BCUT2D eigenvalue weighted by molar-refractivity contribution is 0.0944. The van der Waals surface area contributed by atoms with E-state index in [1.54, 1.807) is 13.0 Å². The number of hydrogen-bond donors (Lipinski definition) is 1. The van der Waals surface area contributed by atoms with Gasteiger partial charge in [0.1, 0.15) is 0 Å². The molecule has 1 amide bonds. The molecule has 21 heavy (non-hydrogen) atoms. The number of amides is 1. The summed E-state index contributed by atoms with van der Waals surface area (Å²) in [4.78, 5) is 12.2. The molecule has 0 saturated heterocycles. The van der Waals surface area contributed by atoms with Crippen LogP contribution in [0, 0.1) is 12.3 Å². The Balaban J connectivity index is 2.24. The predicted molar refractivity (Wildman–Crippen MR) is 86.2 cm³/mol. The van der Waals surface area contributed by atoms with Gasteiger partial charge in [-0.1, -0.05) is 22.9 Å². The number of benzene rings is 1. The first-order valence-corrected chi connectivity index (χ1v) is 9.82. The van der Waals surface area contributed by atoms with Crippen molar-refractivity contribution in [2.45, 2.75) is 38.0 Å². The molecule has 4 nitrogen and oxygen atoms in total. The van der Waals surface area contributed by atoms with Crippen molar-refractivity contribution in [2.24, 2.45) is 5.41 Å². The van der Waals surface area contributed by atoms with E-state index >= 15 is 0 Å². The highest BCUT2D eigenvalue weighted by atomic mass is 79.9. The second-order valence-corrected chi connectivity index (χ2v) is 8.94. The first-order valence-electron chi connectivity index (χ1n) is 6.71. The van der Waals surface area contributed by atoms with Crippen LogP contribution in [0.25, 0.3) is 0 Å². The van der Waals surface area contributed by atoms with Gasteiger partial charge >= 0.3 is 0 Å². The molecule has 0 unspecified atom stereocenters. The van der Waals surface area contributed by atoms with Crippen molar-refractivity contribution in [3.8, 4) is 0 Å². The van der Waals surface area contributed by atoms with Crippen molar-refractivity contribution in [1.29, 1.82) is 0 Å². The Kier molecular flexibility index (Phi) is 4.71. The highest BCUT2D eigenvalue weighted by Gasteiger charge is 2.40. The zero-order chi connectivity index (χ0) is 15.8. The van der Waals surface area contributed by atoms with Gasteiger partial charge in [0.05, 0.1) is 4.90 Å². The molecule has 116 valence electrons. The summed E-state index contributed by atoms with van der Waals surface area (Å²) in [6.07, 6.45) is 3.29. The third-order valence-electron chi connectivity index (χ3n) is 4.15. The fourth-order valence-corrected chi connectivity index (χ4v) is 4.06. The van der Waals surface area contributed by atoms with Crippen molar-refractivity contribution >= 4 is 41.6 Å². The fourth-order valence-electron chi connectivity index (χ4n) is 2.24. The van der Waals surface area contributed by atoms with E-state index in [-0.39, 0.29) is 16.2 Å². The number of hydrogen-bond acceptors (Lipinski definition) is 3. The minimum Gasteiger partial charge on any atom is -0.351 e. The molecule has 0 bridgehead atoms. The molecular weight excluding hydrogens is 378 g/mol. The van der Waals surface area contributed by atoms with Crippen LogP contribution in [0.4, 0.5) is 0 Å². The van der Waals surface area contributed by atoms with Crippen LogP contribution in [0.1, 0.15) is 42.1 Å². The summed E-state index contributed by atoms with van der Waals surface area (Å²) < 4.78 is 23.7. The monoisotopic (exact) mass is 393 g/mol. The zero-order valence-electron chi connectivity index (χ0n) is 11.9. The van der Waals surface area contributed by atoms with E-state index < -0.39 is 9.05 Å². The highest BCUT2D eigenvalue weighted by molar-refractivity contribution is 9.10. The molecule has 2 rings (SSSR count). The lowest BCUT2D eigenvalue weighted by Gasteiger charge is -2.14. The summed E-state index contributed by atoms with van der Waals surface area (Å²) in [6, 6.07) is 2.94. The average molecular weight is 395 g/mol. The molecule has 0 spiro atoms. The smallest absolute Gasteiger partial charge is 0.261 e. The molecule has 1 aromatic carbocycles. The molecule has 1 aromatic rings. The highest BCUT2D eigenvalue weighted by Crippen LogP contribution is 2.47.